The molecule has 4 nitrogen and oxygen atoms in total. The third-order valence-corrected chi connectivity index (χ3v) is 5.84. The van der Waals surface area contributed by atoms with Crippen molar-refractivity contribution in [2.24, 2.45) is 5.92 Å². The minimum Gasteiger partial charge on any atom is -0.324 e. The van der Waals surface area contributed by atoms with Gasteiger partial charge in [0.2, 0.25) is 5.91 Å². The van der Waals surface area contributed by atoms with Crippen molar-refractivity contribution < 1.29 is 18.9 Å². The second-order valence-corrected chi connectivity index (χ2v) is 7.59. The maximum absolute atomic E-state index is 13.1. The summed E-state index contributed by atoms with van der Waals surface area (Å²) in [5, 5.41) is 0. The van der Waals surface area contributed by atoms with Crippen molar-refractivity contribution in [1.82, 2.24) is 0 Å². The number of halogens is 1. The van der Waals surface area contributed by atoms with E-state index >= 15 is 0 Å². The van der Waals surface area contributed by atoms with Gasteiger partial charge >= 0.3 is 0 Å². The van der Waals surface area contributed by atoms with Gasteiger partial charge in [0, 0.05) is 0 Å². The van der Waals surface area contributed by atoms with E-state index in [1.54, 1.807) is 0 Å². The molecule has 2 aromatic rings. The van der Waals surface area contributed by atoms with E-state index in [0.29, 0.717) is 11.6 Å². The van der Waals surface area contributed by atoms with Gasteiger partial charge in [0.25, 0.3) is 5.91 Å². The number of quaternary nitrogens is 1. The van der Waals surface area contributed by atoms with Crippen molar-refractivity contribution in [1.29, 1.82) is 0 Å². The molecule has 0 aromatic heterocycles. The van der Waals surface area contributed by atoms with Gasteiger partial charge < -0.3 is 4.90 Å². The molecule has 2 aromatic carbocycles. The summed E-state index contributed by atoms with van der Waals surface area (Å²) in [7, 11) is 0. The molecule has 1 atom stereocenters. The van der Waals surface area contributed by atoms with Crippen molar-refractivity contribution in [3.63, 3.8) is 0 Å². The van der Waals surface area contributed by atoms with Crippen LogP contribution in [0.2, 0.25) is 0 Å². The zero-order valence-corrected chi connectivity index (χ0v) is 15.2. The van der Waals surface area contributed by atoms with E-state index in [1.807, 2.05) is 6.07 Å². The Balaban J connectivity index is 1.38. The zero-order valence-electron chi connectivity index (χ0n) is 15.2. The molecule has 2 aliphatic heterocycles. The number of nitrogens with one attached hydrogen (secondary N) is 1. The van der Waals surface area contributed by atoms with E-state index in [0.717, 1.165) is 32.4 Å². The molecule has 2 saturated heterocycles. The average molecular weight is 367 g/mol. The first-order valence-corrected chi connectivity index (χ1v) is 9.62. The van der Waals surface area contributed by atoms with E-state index in [9.17, 15) is 14.0 Å². The van der Waals surface area contributed by atoms with E-state index in [4.69, 9.17) is 0 Å². The Hall–Kier alpha value is -2.53. The Morgan fingerprint density at radius 2 is 1.63 bits per heavy atom. The number of hydrogen-bond acceptors (Lipinski definition) is 2. The first-order chi connectivity index (χ1) is 13.1. The Labute approximate surface area is 158 Å². The minimum absolute atomic E-state index is 0.150. The number of hydrogen-bond donors (Lipinski definition) is 1. The fourth-order valence-electron chi connectivity index (χ4n) is 4.36. The van der Waals surface area contributed by atoms with Gasteiger partial charge in [0.15, 0.2) is 6.04 Å². The number of rotatable bonds is 4. The van der Waals surface area contributed by atoms with Crippen LogP contribution in [0.25, 0.3) is 0 Å². The summed E-state index contributed by atoms with van der Waals surface area (Å²) in [5.74, 6) is -0.0734. The fraction of sp³-hybridized carbons (Fsp3) is 0.364. The van der Waals surface area contributed by atoms with E-state index in [-0.39, 0.29) is 30.1 Å². The molecule has 1 N–H and O–H groups in total. The van der Waals surface area contributed by atoms with Gasteiger partial charge in [-0.25, -0.2) is 9.29 Å². The SMILES string of the molecule is O=C1C[C@@H]([NH+]2CCC(Cc3ccccc3)CC2)C(=O)N1c1ccc(F)cc1. The third-order valence-electron chi connectivity index (χ3n) is 5.84. The van der Waals surface area contributed by atoms with Gasteiger partial charge in [0.1, 0.15) is 5.82 Å². The molecule has 0 aliphatic carbocycles. The number of carbonyl (C=O) groups excluding carboxylic acids is 2. The molecular weight excluding hydrogens is 343 g/mol. The van der Waals surface area contributed by atoms with E-state index in [1.165, 1.54) is 39.6 Å². The van der Waals surface area contributed by atoms with Crippen molar-refractivity contribution in [2.45, 2.75) is 31.7 Å². The molecule has 27 heavy (non-hydrogen) atoms. The predicted molar refractivity (Wildman–Crippen MR) is 101 cm³/mol. The zero-order chi connectivity index (χ0) is 18.8. The topological polar surface area (TPSA) is 41.8 Å². The van der Waals surface area contributed by atoms with Crippen LogP contribution in [0.3, 0.4) is 0 Å². The lowest BCUT2D eigenvalue weighted by Crippen LogP contribution is -3.17. The standard InChI is InChI=1S/C22H23FN2O2/c23-18-6-8-19(9-7-18)25-21(26)15-20(22(25)27)24-12-10-17(11-13-24)14-16-4-2-1-3-5-16/h1-9,17,20H,10-15H2/p+1/t20-/m1/s1. The van der Waals surface area contributed by atoms with Gasteiger partial charge in [-0.05, 0) is 55.0 Å². The number of carbonyl (C=O) groups is 2. The second-order valence-electron chi connectivity index (χ2n) is 7.59. The summed E-state index contributed by atoms with van der Waals surface area (Å²) in [5.41, 5.74) is 1.83. The number of piperidine rings is 1. The molecule has 140 valence electrons. The molecule has 0 unspecified atom stereocenters. The highest BCUT2D eigenvalue weighted by Gasteiger charge is 2.46. The molecule has 2 heterocycles. The highest BCUT2D eigenvalue weighted by Crippen LogP contribution is 2.23. The predicted octanol–water partition coefficient (Wildman–Crippen LogP) is 2.00. The summed E-state index contributed by atoms with van der Waals surface area (Å²) in [4.78, 5) is 27.7. The van der Waals surface area contributed by atoms with Gasteiger partial charge in [0.05, 0.1) is 25.2 Å². The molecule has 0 spiro atoms. The molecule has 2 fully saturated rings. The smallest absolute Gasteiger partial charge is 0.292 e. The Kier molecular flexibility index (Phi) is 5.03. The number of anilines is 1. The molecule has 0 bridgehead atoms. The molecule has 4 rings (SSSR count). The lowest BCUT2D eigenvalue weighted by atomic mass is 9.89. The second kappa shape index (κ2) is 7.61. The van der Waals surface area contributed by atoms with Crippen molar-refractivity contribution in [3.05, 3.63) is 66.0 Å². The van der Waals surface area contributed by atoms with Crippen LogP contribution in [0.4, 0.5) is 10.1 Å². The summed E-state index contributed by atoms with van der Waals surface area (Å²) in [6.45, 7) is 1.83. The first kappa shape index (κ1) is 17.9. The average Bonchev–Trinajstić information content (AvgIpc) is 2.98. The lowest BCUT2D eigenvalue weighted by molar-refractivity contribution is -0.920. The summed E-state index contributed by atoms with van der Waals surface area (Å²) < 4.78 is 13.1. The number of nitrogens with zero attached hydrogens (tertiary/aromatic N) is 1. The van der Waals surface area contributed by atoms with Crippen LogP contribution in [-0.4, -0.2) is 30.9 Å². The van der Waals surface area contributed by atoms with Crippen LogP contribution >= 0.6 is 0 Å². The Morgan fingerprint density at radius 1 is 0.963 bits per heavy atom. The van der Waals surface area contributed by atoms with Crippen molar-refractivity contribution in [3.8, 4) is 0 Å². The lowest BCUT2D eigenvalue weighted by Gasteiger charge is -2.32. The maximum atomic E-state index is 13.1. The van der Waals surface area contributed by atoms with Crippen LogP contribution in [0.1, 0.15) is 24.8 Å². The highest BCUT2D eigenvalue weighted by molar-refractivity contribution is 6.21. The summed E-state index contributed by atoms with van der Waals surface area (Å²) >= 11 is 0. The molecular formula is C22H24FN2O2+. The molecule has 0 saturated carbocycles. The van der Waals surface area contributed by atoms with Gasteiger partial charge in [-0.2, -0.15) is 0 Å². The van der Waals surface area contributed by atoms with Crippen LogP contribution in [0.15, 0.2) is 54.6 Å². The minimum atomic E-state index is -0.375. The van der Waals surface area contributed by atoms with Gasteiger partial charge in [-0.3, -0.25) is 9.59 Å². The quantitative estimate of drug-likeness (QED) is 0.840. The maximum Gasteiger partial charge on any atom is 0.292 e. The summed E-state index contributed by atoms with van der Waals surface area (Å²) in [6, 6.07) is 15.8. The van der Waals surface area contributed by atoms with Crippen molar-refractivity contribution >= 4 is 17.5 Å². The normalized spacial score (nSPS) is 25.8. The van der Waals surface area contributed by atoms with Gasteiger partial charge in [-0.15, -0.1) is 0 Å². The number of amides is 2. The fourth-order valence-corrected chi connectivity index (χ4v) is 4.36. The van der Waals surface area contributed by atoms with Crippen LogP contribution in [-0.2, 0) is 16.0 Å². The summed E-state index contributed by atoms with van der Waals surface area (Å²) in [6.07, 6.45) is 3.46. The van der Waals surface area contributed by atoms with Gasteiger partial charge in [-0.1, -0.05) is 30.3 Å². The van der Waals surface area contributed by atoms with Crippen LogP contribution < -0.4 is 9.80 Å². The largest absolute Gasteiger partial charge is 0.324 e. The Bertz CT molecular complexity index is 814. The number of likely N-dealkylation sites (tertiary alicyclic amines) is 1. The molecule has 2 aliphatic rings. The van der Waals surface area contributed by atoms with Crippen LogP contribution in [0, 0.1) is 11.7 Å². The first-order valence-electron chi connectivity index (χ1n) is 9.62. The molecule has 2 amide bonds. The number of imide groups is 1. The monoisotopic (exact) mass is 367 g/mol. The Morgan fingerprint density at radius 3 is 2.30 bits per heavy atom. The van der Waals surface area contributed by atoms with Crippen molar-refractivity contribution in [2.75, 3.05) is 18.0 Å². The van der Waals surface area contributed by atoms with Crippen LogP contribution in [0.5, 0.6) is 0 Å². The van der Waals surface area contributed by atoms with E-state index in [2.05, 4.69) is 24.3 Å². The molecule has 5 heteroatoms. The van der Waals surface area contributed by atoms with E-state index < -0.39 is 0 Å². The highest BCUT2D eigenvalue weighted by atomic mass is 19.1. The molecule has 0 radical (unpaired) electrons. The number of benzene rings is 2. The third kappa shape index (κ3) is 3.78.